The second-order valence-corrected chi connectivity index (χ2v) is 25.8. The van der Waals surface area contributed by atoms with E-state index in [-0.39, 0.29) is 36.0 Å². The van der Waals surface area contributed by atoms with Crippen LogP contribution in [-0.2, 0) is 5.41 Å². The van der Waals surface area contributed by atoms with Crippen LogP contribution in [-0.4, -0.2) is 61.9 Å². The summed E-state index contributed by atoms with van der Waals surface area (Å²) in [6.07, 6.45) is 0. The zero-order valence-corrected chi connectivity index (χ0v) is 31.2. The van der Waals surface area contributed by atoms with E-state index in [2.05, 4.69) is 133 Å². The normalized spacial score (nSPS) is 14.7. The second-order valence-electron chi connectivity index (χ2n) is 15.8. The average Bonchev–Trinajstić information content (AvgIpc) is 2.80. The maximum atomic E-state index is 14.6. The van der Waals surface area contributed by atoms with Crippen molar-refractivity contribution in [2.45, 2.75) is 138 Å². The van der Waals surface area contributed by atoms with Gasteiger partial charge in [0.2, 0.25) is 0 Å². The zero-order chi connectivity index (χ0) is 32.3. The molecule has 2 aromatic rings. The lowest BCUT2D eigenvalue weighted by atomic mass is 9.74. The van der Waals surface area contributed by atoms with E-state index in [0.29, 0.717) is 22.6 Å². The van der Waals surface area contributed by atoms with E-state index in [1.807, 2.05) is 9.80 Å². The van der Waals surface area contributed by atoms with Crippen LogP contribution in [0, 0.1) is 0 Å². The minimum absolute atomic E-state index is 0.00809. The van der Waals surface area contributed by atoms with Gasteiger partial charge in [-0.15, -0.1) is 0 Å². The maximum absolute atomic E-state index is 14.6. The molecule has 0 fully saturated rings. The molecule has 7 heteroatoms. The predicted octanol–water partition coefficient (Wildman–Crippen LogP) is 7.73. The molecule has 0 bridgehead atoms. The summed E-state index contributed by atoms with van der Waals surface area (Å²) in [4.78, 5) is 33.2. The lowest BCUT2D eigenvalue weighted by Gasteiger charge is -2.41. The highest BCUT2D eigenvalue weighted by atomic mass is 28.3. The van der Waals surface area contributed by atoms with Crippen molar-refractivity contribution >= 4 is 38.3 Å². The molecule has 1 aliphatic heterocycles. The van der Waals surface area contributed by atoms with Crippen molar-refractivity contribution in [2.75, 3.05) is 0 Å². The molecule has 2 amide bonds. The van der Waals surface area contributed by atoms with Crippen molar-refractivity contribution in [3.05, 3.63) is 46.5 Å². The van der Waals surface area contributed by atoms with Crippen molar-refractivity contribution in [1.82, 2.24) is 9.80 Å². The highest BCUT2D eigenvalue weighted by molar-refractivity contribution is 6.90. The Hall–Kier alpha value is -2.39. The number of fused-ring (bicyclic) bond motifs is 2. The Kier molecular flexibility index (Phi) is 9.42. The monoisotopic (exact) mass is 608 g/mol. The fourth-order valence-corrected chi connectivity index (χ4v) is 9.78. The maximum Gasteiger partial charge on any atom is 0.257 e. The summed E-state index contributed by atoms with van der Waals surface area (Å²) >= 11 is 0. The topological polar surface area (TPSA) is 49.9 Å². The van der Waals surface area contributed by atoms with Crippen LogP contribution in [0.25, 0.3) is 0 Å². The highest BCUT2D eigenvalue weighted by Gasteiger charge is 2.44. The Morgan fingerprint density at radius 3 is 1.12 bits per heavy atom. The van der Waals surface area contributed by atoms with Gasteiger partial charge in [-0.1, -0.05) is 77.4 Å². The fraction of sp³-hybridized carbons (Fsp3) is 0.600. The Bertz CT molecular complexity index is 1240. The van der Waals surface area contributed by atoms with Gasteiger partial charge in [-0.05, 0) is 65.8 Å². The first-order valence-corrected chi connectivity index (χ1v) is 22.7. The summed E-state index contributed by atoms with van der Waals surface area (Å²) in [5.74, 6) is 1.28. The van der Waals surface area contributed by atoms with Crippen LogP contribution < -0.4 is 15.1 Å². The Morgan fingerprint density at radius 1 is 0.595 bits per heavy atom. The number of amides is 2. The molecule has 0 spiro atoms. The van der Waals surface area contributed by atoms with Crippen LogP contribution in [0.4, 0.5) is 0 Å². The minimum atomic E-state index is -1.97. The standard InChI is InChI=1S/C35H56N2O3Si2/c1-21(2)36(22(3)4)33(38)29-27(41(11,12)13)19-17-25-31(29)40-32-26(35(25,9)10)18-20-28(42(14,15)16)30(32)34(39)37(23(5)6)24(7)8/h17-24H,1-16H3. The van der Waals surface area contributed by atoms with Gasteiger partial charge in [-0.25, -0.2) is 0 Å². The Morgan fingerprint density at radius 2 is 0.881 bits per heavy atom. The van der Waals surface area contributed by atoms with Crippen LogP contribution in [0.1, 0.15) is 101 Å². The molecule has 0 aliphatic carbocycles. The van der Waals surface area contributed by atoms with Gasteiger partial charge >= 0.3 is 0 Å². The van der Waals surface area contributed by atoms with E-state index in [9.17, 15) is 9.59 Å². The molecule has 2 aromatic carbocycles. The lowest BCUT2D eigenvalue weighted by Crippen LogP contribution is -2.50. The molecule has 0 N–H and O–H groups in total. The Balaban J connectivity index is 2.50. The molecule has 0 radical (unpaired) electrons. The van der Waals surface area contributed by atoms with Crippen LogP contribution in [0.3, 0.4) is 0 Å². The summed E-state index contributed by atoms with van der Waals surface area (Å²) < 4.78 is 7.06. The van der Waals surface area contributed by atoms with Crippen LogP contribution in [0.5, 0.6) is 11.5 Å². The first kappa shape index (κ1) is 34.1. The molecule has 1 aliphatic rings. The van der Waals surface area contributed by atoms with Gasteiger partial charge in [0.1, 0.15) is 11.5 Å². The first-order valence-electron chi connectivity index (χ1n) is 15.7. The average molecular weight is 609 g/mol. The third-order valence-electron chi connectivity index (χ3n) is 8.60. The van der Waals surface area contributed by atoms with Gasteiger partial charge in [-0.3, -0.25) is 9.59 Å². The molecule has 232 valence electrons. The van der Waals surface area contributed by atoms with E-state index in [1.54, 1.807) is 0 Å². The molecule has 0 unspecified atom stereocenters. The Labute approximate surface area is 258 Å². The number of ether oxygens (including phenoxy) is 1. The van der Waals surface area contributed by atoms with Crippen molar-refractivity contribution in [3.63, 3.8) is 0 Å². The minimum Gasteiger partial charge on any atom is -0.455 e. The smallest absolute Gasteiger partial charge is 0.257 e. The van der Waals surface area contributed by atoms with Gasteiger partial charge in [0.05, 0.1) is 27.3 Å². The van der Waals surface area contributed by atoms with Crippen molar-refractivity contribution in [2.24, 2.45) is 0 Å². The SMILES string of the molecule is CC(C)N(C(=O)c1c([Si](C)(C)C)ccc2c1Oc1c(ccc([Si](C)(C)C)c1C(=O)N(C(C)C)C(C)C)C2(C)C)C(C)C. The summed E-state index contributed by atoms with van der Waals surface area (Å²) in [5.41, 5.74) is 2.88. The van der Waals surface area contributed by atoms with Gasteiger partial charge in [-0.2, -0.15) is 0 Å². The molecule has 0 aromatic heterocycles. The molecule has 0 atom stereocenters. The predicted molar refractivity (Wildman–Crippen MR) is 184 cm³/mol. The second kappa shape index (κ2) is 11.6. The summed E-state index contributed by atoms with van der Waals surface area (Å²) in [5, 5.41) is 2.19. The fourth-order valence-electron chi connectivity index (χ4n) is 6.67. The molecule has 0 saturated carbocycles. The number of benzene rings is 2. The van der Waals surface area contributed by atoms with Gasteiger partial charge in [0.25, 0.3) is 11.8 Å². The zero-order valence-electron chi connectivity index (χ0n) is 29.2. The molecule has 42 heavy (non-hydrogen) atoms. The summed E-state index contributed by atoms with van der Waals surface area (Å²) in [6, 6.07) is 8.83. The molecular formula is C35H56N2O3Si2. The van der Waals surface area contributed by atoms with E-state index in [1.165, 1.54) is 0 Å². The van der Waals surface area contributed by atoms with Gasteiger partial charge in [0, 0.05) is 40.7 Å². The number of nitrogens with zero attached hydrogens (tertiary/aromatic N) is 2. The van der Waals surface area contributed by atoms with E-state index >= 15 is 0 Å². The molecule has 3 rings (SSSR count). The largest absolute Gasteiger partial charge is 0.455 e. The van der Waals surface area contributed by atoms with E-state index in [0.717, 1.165) is 21.5 Å². The van der Waals surface area contributed by atoms with Crippen LogP contribution in [0.15, 0.2) is 24.3 Å². The first-order chi connectivity index (χ1) is 19.0. The number of hydrogen-bond acceptors (Lipinski definition) is 3. The third-order valence-corrected chi connectivity index (χ3v) is 12.7. The quantitative estimate of drug-likeness (QED) is 0.288. The molecule has 5 nitrogen and oxygen atoms in total. The number of carbonyl (C=O) groups is 2. The molecular weight excluding hydrogens is 553 g/mol. The molecule has 1 heterocycles. The van der Waals surface area contributed by atoms with E-state index < -0.39 is 21.6 Å². The van der Waals surface area contributed by atoms with Crippen molar-refractivity contribution in [1.29, 1.82) is 0 Å². The summed E-state index contributed by atoms with van der Waals surface area (Å²) in [6.45, 7) is 34.7. The third kappa shape index (κ3) is 6.01. The molecule has 0 saturated heterocycles. The number of carbonyl (C=O) groups excluding carboxylic acids is 2. The number of hydrogen-bond donors (Lipinski definition) is 0. The number of rotatable bonds is 8. The highest BCUT2D eigenvalue weighted by Crippen LogP contribution is 2.51. The van der Waals surface area contributed by atoms with Crippen molar-refractivity contribution < 1.29 is 14.3 Å². The van der Waals surface area contributed by atoms with Crippen molar-refractivity contribution in [3.8, 4) is 11.5 Å². The summed E-state index contributed by atoms with van der Waals surface area (Å²) in [7, 11) is -3.95. The van der Waals surface area contributed by atoms with E-state index in [4.69, 9.17) is 4.74 Å². The van der Waals surface area contributed by atoms with Crippen LogP contribution >= 0.6 is 0 Å². The van der Waals surface area contributed by atoms with Crippen LogP contribution in [0.2, 0.25) is 39.3 Å². The van der Waals surface area contributed by atoms with Gasteiger partial charge in [0.15, 0.2) is 0 Å². The lowest BCUT2D eigenvalue weighted by molar-refractivity contribution is 0.0637. The van der Waals surface area contributed by atoms with Gasteiger partial charge < -0.3 is 14.5 Å².